The van der Waals surface area contributed by atoms with Gasteiger partial charge >= 0.3 is 5.13 Å². The molecule has 2 aromatic carbocycles. The molecular formula is C17H17ClN4S. The van der Waals surface area contributed by atoms with Crippen molar-refractivity contribution in [1.82, 2.24) is 0 Å². The number of benzene rings is 2. The molecule has 1 N–H and O–H groups in total. The Morgan fingerprint density at radius 2 is 1.74 bits per heavy atom. The molecule has 1 heterocycles. The summed E-state index contributed by atoms with van der Waals surface area (Å²) in [5.74, 6) is 0. The lowest BCUT2D eigenvalue weighted by Gasteiger charge is -2.05. The third-order valence-corrected chi connectivity index (χ3v) is 4.06. The summed E-state index contributed by atoms with van der Waals surface area (Å²) in [6.45, 7) is 0.812. The zero-order valence-corrected chi connectivity index (χ0v) is 14.3. The second-order valence-electron chi connectivity index (χ2n) is 4.88. The van der Waals surface area contributed by atoms with Crippen LogP contribution in [-0.4, -0.2) is 0 Å². The van der Waals surface area contributed by atoms with E-state index in [0.717, 1.165) is 23.1 Å². The number of aryl methyl sites for hydroxylation is 1. The second kappa shape index (κ2) is 8.41. The first kappa shape index (κ1) is 17.1. The van der Waals surface area contributed by atoms with E-state index < -0.39 is 0 Å². The summed E-state index contributed by atoms with van der Waals surface area (Å²) in [4.78, 5) is 0. The van der Waals surface area contributed by atoms with Gasteiger partial charge < -0.3 is 17.7 Å². The van der Waals surface area contributed by atoms with Gasteiger partial charge in [-0.05, 0) is 46.3 Å². The predicted octanol–water partition coefficient (Wildman–Crippen LogP) is 1.60. The Morgan fingerprint density at radius 3 is 2.39 bits per heavy atom. The average Bonchev–Trinajstić information content (AvgIpc) is 2.98. The van der Waals surface area contributed by atoms with Crippen molar-refractivity contribution in [2.24, 2.45) is 17.3 Å². The summed E-state index contributed by atoms with van der Waals surface area (Å²) in [7, 11) is 1.96. The molecule has 0 bridgehead atoms. The Kier molecular flexibility index (Phi) is 6.26. The third kappa shape index (κ3) is 4.87. The van der Waals surface area contributed by atoms with Gasteiger partial charge in [0.25, 0.3) is 0 Å². The molecule has 23 heavy (non-hydrogen) atoms. The van der Waals surface area contributed by atoms with Crippen LogP contribution in [0.3, 0.4) is 0 Å². The molecule has 0 spiro atoms. The lowest BCUT2D eigenvalue weighted by molar-refractivity contribution is -0.654. The van der Waals surface area contributed by atoms with Gasteiger partial charge in [0.1, 0.15) is 11.9 Å². The summed E-state index contributed by atoms with van der Waals surface area (Å²) in [5, 5.41) is 14.8. The molecular weight excluding hydrogens is 328 g/mol. The zero-order valence-electron chi connectivity index (χ0n) is 12.7. The standard InChI is InChI=1S/C17H16N4S.ClH/c1-21-11-12-22-17(21)20-19-16-9-7-15(8-10-16)18-13-14-5-3-2-4-6-14;/h2-12H,13H2,1H3;1H. The highest BCUT2D eigenvalue weighted by molar-refractivity contribution is 7.12. The Labute approximate surface area is 145 Å². The van der Waals surface area contributed by atoms with Gasteiger partial charge in [-0.15, -0.1) is 0 Å². The van der Waals surface area contributed by atoms with Crippen LogP contribution in [-0.2, 0) is 13.6 Å². The number of anilines is 1. The van der Waals surface area contributed by atoms with Crippen molar-refractivity contribution in [2.75, 3.05) is 5.32 Å². The van der Waals surface area contributed by atoms with Gasteiger partial charge in [0.05, 0.1) is 12.2 Å². The second-order valence-corrected chi connectivity index (χ2v) is 5.76. The molecule has 3 rings (SSSR count). The molecule has 0 fully saturated rings. The molecule has 0 aliphatic rings. The van der Waals surface area contributed by atoms with Crippen molar-refractivity contribution < 1.29 is 17.0 Å². The Hall–Kier alpha value is -2.24. The quantitative estimate of drug-likeness (QED) is 0.554. The zero-order chi connectivity index (χ0) is 15.2. The minimum absolute atomic E-state index is 0. The summed E-state index contributed by atoms with van der Waals surface area (Å²) >= 11 is 1.57. The van der Waals surface area contributed by atoms with Gasteiger partial charge in [0.15, 0.2) is 0 Å². The van der Waals surface area contributed by atoms with E-state index in [-0.39, 0.29) is 12.4 Å². The molecule has 4 nitrogen and oxygen atoms in total. The van der Waals surface area contributed by atoms with Gasteiger partial charge in [-0.25, -0.2) is 4.57 Å². The number of hydrogen-bond donors (Lipinski definition) is 1. The SMILES string of the molecule is C[n+]1ccsc1/N=N/c1ccc(NCc2ccccc2)cc1.[Cl-]. The van der Waals surface area contributed by atoms with Crippen molar-refractivity contribution in [3.63, 3.8) is 0 Å². The highest BCUT2D eigenvalue weighted by atomic mass is 35.5. The van der Waals surface area contributed by atoms with Crippen molar-refractivity contribution in [3.8, 4) is 0 Å². The van der Waals surface area contributed by atoms with E-state index in [4.69, 9.17) is 0 Å². The molecule has 1 aromatic heterocycles. The van der Waals surface area contributed by atoms with E-state index in [1.54, 1.807) is 11.3 Å². The van der Waals surface area contributed by atoms with Crippen molar-refractivity contribution in [3.05, 3.63) is 71.7 Å². The van der Waals surface area contributed by atoms with Crippen molar-refractivity contribution in [1.29, 1.82) is 0 Å². The molecule has 118 valence electrons. The minimum atomic E-state index is 0. The van der Waals surface area contributed by atoms with E-state index >= 15 is 0 Å². The molecule has 0 atom stereocenters. The van der Waals surface area contributed by atoms with Crippen LogP contribution < -0.4 is 22.3 Å². The normalized spacial score (nSPS) is 10.5. The fourth-order valence-electron chi connectivity index (χ4n) is 1.97. The number of azo groups is 1. The van der Waals surface area contributed by atoms with E-state index in [1.165, 1.54) is 5.56 Å². The first-order valence-electron chi connectivity index (χ1n) is 7.04. The van der Waals surface area contributed by atoms with Gasteiger partial charge in [0.2, 0.25) is 0 Å². The molecule has 0 saturated carbocycles. The highest BCUT2D eigenvalue weighted by Gasteiger charge is 2.06. The van der Waals surface area contributed by atoms with E-state index in [0.29, 0.717) is 0 Å². The number of nitrogens with one attached hydrogen (secondary N) is 1. The predicted molar refractivity (Wildman–Crippen MR) is 89.9 cm³/mol. The highest BCUT2D eigenvalue weighted by Crippen LogP contribution is 2.20. The van der Waals surface area contributed by atoms with Crippen molar-refractivity contribution >= 4 is 27.8 Å². The van der Waals surface area contributed by atoms with Gasteiger partial charge in [-0.1, -0.05) is 30.3 Å². The molecule has 0 aliphatic heterocycles. The Morgan fingerprint density at radius 1 is 1.00 bits per heavy atom. The van der Waals surface area contributed by atoms with Crippen LogP contribution in [0.4, 0.5) is 16.5 Å². The average molecular weight is 345 g/mol. The maximum absolute atomic E-state index is 4.26. The minimum Gasteiger partial charge on any atom is -1.00 e. The maximum atomic E-state index is 4.26. The first-order valence-corrected chi connectivity index (χ1v) is 7.92. The third-order valence-electron chi connectivity index (χ3n) is 3.22. The van der Waals surface area contributed by atoms with Gasteiger partial charge in [-0.2, -0.15) is 0 Å². The van der Waals surface area contributed by atoms with Crippen LogP contribution in [0.1, 0.15) is 5.56 Å². The van der Waals surface area contributed by atoms with Crippen LogP contribution in [0.5, 0.6) is 0 Å². The fourth-order valence-corrected chi connectivity index (χ4v) is 2.65. The maximum Gasteiger partial charge on any atom is 0.408 e. The van der Waals surface area contributed by atoms with Gasteiger partial charge in [-0.3, -0.25) is 0 Å². The Balaban J connectivity index is 0.00000192. The van der Waals surface area contributed by atoms with E-state index in [9.17, 15) is 0 Å². The molecule has 0 unspecified atom stereocenters. The number of aromatic nitrogens is 1. The fraction of sp³-hybridized carbons (Fsp3) is 0.118. The smallest absolute Gasteiger partial charge is 0.408 e. The topological polar surface area (TPSA) is 40.6 Å². The summed E-state index contributed by atoms with van der Waals surface area (Å²) < 4.78 is 1.95. The molecule has 3 aromatic rings. The monoisotopic (exact) mass is 344 g/mol. The Bertz CT molecular complexity index is 754. The summed E-state index contributed by atoms with van der Waals surface area (Å²) in [6, 6.07) is 18.3. The molecule has 0 aliphatic carbocycles. The lowest BCUT2D eigenvalue weighted by atomic mass is 10.2. The van der Waals surface area contributed by atoms with Crippen LogP contribution in [0.2, 0.25) is 0 Å². The van der Waals surface area contributed by atoms with Crippen LogP contribution >= 0.6 is 11.3 Å². The number of halogens is 1. The first-order chi connectivity index (χ1) is 10.8. The lowest BCUT2D eigenvalue weighted by Crippen LogP contribution is -3.00. The largest absolute Gasteiger partial charge is 1.00 e. The van der Waals surface area contributed by atoms with Crippen LogP contribution in [0.25, 0.3) is 0 Å². The van der Waals surface area contributed by atoms with Crippen molar-refractivity contribution in [2.45, 2.75) is 6.54 Å². The number of thiazole rings is 1. The summed E-state index contributed by atoms with van der Waals surface area (Å²) in [5.41, 5.74) is 3.18. The number of rotatable bonds is 5. The number of hydrogen-bond acceptors (Lipinski definition) is 4. The van der Waals surface area contributed by atoms with Crippen LogP contribution in [0.15, 0.2) is 76.4 Å². The summed E-state index contributed by atoms with van der Waals surface area (Å²) in [6.07, 6.45) is 1.97. The van der Waals surface area contributed by atoms with Crippen LogP contribution in [0, 0.1) is 0 Å². The van der Waals surface area contributed by atoms with E-state index in [1.807, 2.05) is 65.7 Å². The van der Waals surface area contributed by atoms with Gasteiger partial charge in [0, 0.05) is 17.6 Å². The molecule has 0 saturated heterocycles. The molecule has 6 heteroatoms. The molecule has 0 radical (unpaired) electrons. The number of nitrogens with zero attached hydrogens (tertiary/aromatic N) is 3. The molecule has 0 amide bonds. The van der Waals surface area contributed by atoms with E-state index in [2.05, 4.69) is 27.7 Å².